The number of ether oxygens (including phenoxy) is 1. The van der Waals surface area contributed by atoms with Gasteiger partial charge in [-0.3, -0.25) is 4.79 Å². The monoisotopic (exact) mass is 295 g/mol. The molecule has 0 radical (unpaired) electrons. The lowest BCUT2D eigenvalue weighted by Gasteiger charge is -2.10. The second kappa shape index (κ2) is 6.34. The second-order valence-corrected chi connectivity index (χ2v) is 4.41. The number of benzene rings is 1. The van der Waals surface area contributed by atoms with Crippen LogP contribution in [0.15, 0.2) is 34.9 Å². The Labute approximate surface area is 121 Å². The van der Waals surface area contributed by atoms with Gasteiger partial charge in [-0.05, 0) is 31.2 Å². The molecule has 0 fully saturated rings. The zero-order valence-corrected chi connectivity index (χ0v) is 11.6. The lowest BCUT2D eigenvalue weighted by atomic mass is 10.2. The van der Waals surface area contributed by atoms with E-state index in [9.17, 15) is 9.90 Å². The van der Waals surface area contributed by atoms with E-state index < -0.39 is 0 Å². The summed E-state index contributed by atoms with van der Waals surface area (Å²) in [5, 5.41) is 12.5. The second-order valence-electron chi connectivity index (χ2n) is 4.00. The van der Waals surface area contributed by atoms with Gasteiger partial charge in [0.15, 0.2) is 11.5 Å². The zero-order chi connectivity index (χ0) is 14.5. The molecule has 0 saturated heterocycles. The van der Waals surface area contributed by atoms with Gasteiger partial charge in [-0.15, -0.1) is 0 Å². The number of carbonyl (C=O) groups excluding carboxylic acids is 1. The lowest BCUT2D eigenvalue weighted by Crippen LogP contribution is -2.22. The van der Waals surface area contributed by atoms with Crippen molar-refractivity contribution in [1.29, 1.82) is 0 Å². The highest BCUT2D eigenvalue weighted by atomic mass is 35.5. The van der Waals surface area contributed by atoms with Crippen LogP contribution < -0.4 is 10.1 Å². The smallest absolute Gasteiger partial charge is 0.251 e. The Morgan fingerprint density at radius 2 is 2.30 bits per heavy atom. The average molecular weight is 296 g/mol. The molecule has 1 amide bonds. The van der Waals surface area contributed by atoms with Gasteiger partial charge < -0.3 is 19.6 Å². The number of phenolic OH excluding ortho intramolecular Hbond substituents is 1. The normalized spacial score (nSPS) is 10.3. The molecule has 0 bridgehead atoms. The predicted octanol–water partition coefficient (Wildman–Crippen LogP) is 2.97. The maximum Gasteiger partial charge on any atom is 0.251 e. The number of hydrogen-bond acceptors (Lipinski definition) is 4. The Balaban J connectivity index is 2.13. The Morgan fingerprint density at radius 1 is 1.50 bits per heavy atom. The van der Waals surface area contributed by atoms with Crippen LogP contribution in [-0.2, 0) is 6.54 Å². The van der Waals surface area contributed by atoms with Crippen molar-refractivity contribution in [3.8, 4) is 11.5 Å². The predicted molar refractivity (Wildman–Crippen MR) is 74.2 cm³/mol. The summed E-state index contributed by atoms with van der Waals surface area (Å²) in [7, 11) is 0. The summed E-state index contributed by atoms with van der Waals surface area (Å²) < 4.78 is 10.3. The van der Waals surface area contributed by atoms with E-state index in [1.54, 1.807) is 19.1 Å². The fraction of sp³-hybridized carbons (Fsp3) is 0.214. The summed E-state index contributed by atoms with van der Waals surface area (Å²) in [4.78, 5) is 12.0. The first-order valence-electron chi connectivity index (χ1n) is 6.07. The van der Waals surface area contributed by atoms with Gasteiger partial charge in [0.05, 0.1) is 24.4 Å². The molecule has 2 rings (SSSR count). The SMILES string of the molecule is CCOc1cc(C(=O)NCc2ccco2)cc(Cl)c1O. The first-order valence-corrected chi connectivity index (χ1v) is 6.45. The van der Waals surface area contributed by atoms with E-state index in [1.165, 1.54) is 18.4 Å². The highest BCUT2D eigenvalue weighted by Gasteiger charge is 2.14. The number of aromatic hydroxyl groups is 1. The largest absolute Gasteiger partial charge is 0.503 e. The van der Waals surface area contributed by atoms with Crippen LogP contribution in [0.4, 0.5) is 0 Å². The van der Waals surface area contributed by atoms with E-state index in [0.29, 0.717) is 17.9 Å². The molecule has 0 saturated carbocycles. The molecule has 20 heavy (non-hydrogen) atoms. The summed E-state index contributed by atoms with van der Waals surface area (Å²) in [6.45, 7) is 2.41. The van der Waals surface area contributed by atoms with Crippen molar-refractivity contribution >= 4 is 17.5 Å². The third-order valence-corrected chi connectivity index (χ3v) is 2.88. The van der Waals surface area contributed by atoms with E-state index in [4.69, 9.17) is 20.8 Å². The number of phenols is 1. The molecule has 0 unspecified atom stereocenters. The highest BCUT2D eigenvalue weighted by molar-refractivity contribution is 6.32. The maximum atomic E-state index is 12.0. The van der Waals surface area contributed by atoms with E-state index in [-0.39, 0.29) is 29.0 Å². The summed E-state index contributed by atoms with van der Waals surface area (Å²) in [5.41, 5.74) is 0.308. The number of nitrogens with one attached hydrogen (secondary N) is 1. The van der Waals surface area contributed by atoms with Crippen molar-refractivity contribution in [2.24, 2.45) is 0 Å². The van der Waals surface area contributed by atoms with Gasteiger partial charge in [0.25, 0.3) is 5.91 Å². The third-order valence-electron chi connectivity index (χ3n) is 2.59. The molecule has 5 nitrogen and oxygen atoms in total. The number of furan rings is 1. The van der Waals surface area contributed by atoms with Crippen LogP contribution >= 0.6 is 11.6 Å². The summed E-state index contributed by atoms with van der Waals surface area (Å²) >= 11 is 5.87. The molecule has 0 spiro atoms. The van der Waals surface area contributed by atoms with Crippen molar-refractivity contribution in [2.75, 3.05) is 6.61 Å². The quantitative estimate of drug-likeness (QED) is 0.889. The molecular weight excluding hydrogens is 282 g/mol. The van der Waals surface area contributed by atoms with Gasteiger partial charge in [0, 0.05) is 5.56 Å². The van der Waals surface area contributed by atoms with Gasteiger partial charge >= 0.3 is 0 Å². The maximum absolute atomic E-state index is 12.0. The van der Waals surface area contributed by atoms with Gasteiger partial charge in [-0.1, -0.05) is 11.6 Å². The Kier molecular flexibility index (Phi) is 4.53. The molecule has 0 aliphatic carbocycles. The van der Waals surface area contributed by atoms with Crippen molar-refractivity contribution in [3.63, 3.8) is 0 Å². The minimum atomic E-state index is -0.329. The van der Waals surface area contributed by atoms with Crippen LogP contribution in [0.2, 0.25) is 5.02 Å². The molecule has 2 N–H and O–H groups in total. The molecule has 6 heteroatoms. The van der Waals surface area contributed by atoms with Crippen LogP contribution in [0, 0.1) is 0 Å². The number of halogens is 1. The Bertz CT molecular complexity index is 595. The fourth-order valence-corrected chi connectivity index (χ4v) is 1.86. The van der Waals surface area contributed by atoms with Gasteiger partial charge in [0.1, 0.15) is 5.76 Å². The summed E-state index contributed by atoms with van der Waals surface area (Å²) in [5.74, 6) is 0.330. The molecule has 0 aliphatic rings. The molecule has 2 aromatic rings. The number of carbonyl (C=O) groups is 1. The highest BCUT2D eigenvalue weighted by Crippen LogP contribution is 2.35. The average Bonchev–Trinajstić information content (AvgIpc) is 2.94. The van der Waals surface area contributed by atoms with Gasteiger partial charge in [-0.25, -0.2) is 0 Å². The minimum absolute atomic E-state index is 0.0686. The molecule has 106 valence electrons. The first-order chi connectivity index (χ1) is 9.61. The third kappa shape index (κ3) is 3.24. The first kappa shape index (κ1) is 14.3. The fourth-order valence-electron chi connectivity index (χ4n) is 1.65. The Morgan fingerprint density at radius 3 is 2.95 bits per heavy atom. The molecule has 1 aromatic heterocycles. The van der Waals surface area contributed by atoms with Crippen molar-refractivity contribution in [3.05, 3.63) is 46.9 Å². The van der Waals surface area contributed by atoms with Crippen molar-refractivity contribution < 1.29 is 19.1 Å². The summed E-state index contributed by atoms with van der Waals surface area (Å²) in [6, 6.07) is 6.33. The standard InChI is InChI=1S/C14H14ClNO4/c1-2-19-12-7-9(6-11(15)13(12)17)14(18)16-8-10-4-3-5-20-10/h3-7,17H,2,8H2,1H3,(H,16,18). The summed E-state index contributed by atoms with van der Waals surface area (Å²) in [6.07, 6.45) is 1.53. The minimum Gasteiger partial charge on any atom is -0.503 e. The van der Waals surface area contributed by atoms with E-state index in [1.807, 2.05) is 0 Å². The van der Waals surface area contributed by atoms with Crippen LogP contribution in [0.5, 0.6) is 11.5 Å². The van der Waals surface area contributed by atoms with Crippen LogP contribution in [0.1, 0.15) is 23.0 Å². The topological polar surface area (TPSA) is 71.7 Å². The molecule has 1 heterocycles. The van der Waals surface area contributed by atoms with Crippen molar-refractivity contribution in [2.45, 2.75) is 13.5 Å². The lowest BCUT2D eigenvalue weighted by molar-refractivity contribution is 0.0947. The number of amides is 1. The van der Waals surface area contributed by atoms with E-state index in [0.717, 1.165) is 0 Å². The number of rotatable bonds is 5. The molecule has 0 atom stereocenters. The van der Waals surface area contributed by atoms with Gasteiger partial charge in [-0.2, -0.15) is 0 Å². The zero-order valence-electron chi connectivity index (χ0n) is 10.9. The van der Waals surface area contributed by atoms with Crippen LogP contribution in [0.3, 0.4) is 0 Å². The molecular formula is C14H14ClNO4. The van der Waals surface area contributed by atoms with Crippen LogP contribution in [0.25, 0.3) is 0 Å². The molecule has 0 aliphatic heterocycles. The van der Waals surface area contributed by atoms with Crippen LogP contribution in [-0.4, -0.2) is 17.6 Å². The van der Waals surface area contributed by atoms with E-state index in [2.05, 4.69) is 5.32 Å². The Hall–Kier alpha value is -2.14. The van der Waals surface area contributed by atoms with Gasteiger partial charge in [0.2, 0.25) is 0 Å². The molecule has 1 aromatic carbocycles. The van der Waals surface area contributed by atoms with E-state index >= 15 is 0 Å². The number of hydrogen-bond donors (Lipinski definition) is 2. The van der Waals surface area contributed by atoms with Crippen molar-refractivity contribution in [1.82, 2.24) is 5.32 Å².